The van der Waals surface area contributed by atoms with Crippen LogP contribution in [-0.4, -0.2) is 45.5 Å². The Kier molecular flexibility index (Phi) is 11.5. The van der Waals surface area contributed by atoms with Gasteiger partial charge in [0.2, 0.25) is 0 Å². The summed E-state index contributed by atoms with van der Waals surface area (Å²) in [6.07, 6.45) is 3.76. The highest BCUT2D eigenvalue weighted by Crippen LogP contribution is 2.12. The number of nitrogens with zero attached hydrogens (tertiary/aromatic N) is 1. The zero-order valence-electron chi connectivity index (χ0n) is 10.8. The van der Waals surface area contributed by atoms with Crippen LogP contribution >= 0.6 is 24.0 Å². The molecule has 106 valence electrons. The first-order valence-electron chi connectivity index (χ1n) is 6.13. The van der Waals surface area contributed by atoms with E-state index in [1.165, 1.54) is 0 Å². The van der Waals surface area contributed by atoms with Crippen LogP contribution in [0, 0.1) is 5.92 Å². The van der Waals surface area contributed by atoms with E-state index in [0.29, 0.717) is 25.0 Å². The molecule has 1 aliphatic heterocycles. The standard InChI is InChI=1S/C12H23N3O2.HI/c1-2-5-14-12(13)15-6-3-7-16-9-11-4-8-17-10-11;/h2,11H,1,3-10H2,(H3,13,14,15);1H. The summed E-state index contributed by atoms with van der Waals surface area (Å²) in [6, 6.07) is 0. The van der Waals surface area contributed by atoms with Gasteiger partial charge in [0.25, 0.3) is 0 Å². The van der Waals surface area contributed by atoms with Crippen molar-refractivity contribution in [1.29, 1.82) is 0 Å². The Bertz CT molecular complexity index is 243. The summed E-state index contributed by atoms with van der Waals surface area (Å²) < 4.78 is 10.8. The van der Waals surface area contributed by atoms with Crippen molar-refractivity contribution in [3.8, 4) is 0 Å². The smallest absolute Gasteiger partial charge is 0.188 e. The van der Waals surface area contributed by atoms with E-state index in [2.05, 4.69) is 16.9 Å². The molecular formula is C12H24IN3O2. The second-order valence-electron chi connectivity index (χ2n) is 4.09. The van der Waals surface area contributed by atoms with Crippen molar-refractivity contribution in [2.24, 2.45) is 16.6 Å². The van der Waals surface area contributed by atoms with Gasteiger partial charge in [0.05, 0.1) is 13.2 Å². The molecule has 1 atom stereocenters. The van der Waals surface area contributed by atoms with E-state index >= 15 is 0 Å². The lowest BCUT2D eigenvalue weighted by molar-refractivity contribution is 0.0893. The lowest BCUT2D eigenvalue weighted by atomic mass is 10.1. The molecule has 0 radical (unpaired) electrons. The minimum Gasteiger partial charge on any atom is -0.381 e. The number of rotatable bonds is 8. The monoisotopic (exact) mass is 369 g/mol. The average molecular weight is 369 g/mol. The van der Waals surface area contributed by atoms with Gasteiger partial charge in [0.1, 0.15) is 0 Å². The second-order valence-corrected chi connectivity index (χ2v) is 4.09. The predicted octanol–water partition coefficient (Wildman–Crippen LogP) is 1.14. The number of guanidine groups is 1. The van der Waals surface area contributed by atoms with Crippen molar-refractivity contribution in [2.45, 2.75) is 12.8 Å². The molecule has 6 heteroatoms. The van der Waals surface area contributed by atoms with Crippen LogP contribution in [0.2, 0.25) is 0 Å². The number of halogens is 1. The van der Waals surface area contributed by atoms with Crippen LogP contribution in [0.4, 0.5) is 0 Å². The van der Waals surface area contributed by atoms with Crippen LogP contribution in [0.15, 0.2) is 17.6 Å². The number of nitrogens with two attached hydrogens (primary N) is 1. The van der Waals surface area contributed by atoms with E-state index in [4.69, 9.17) is 15.2 Å². The van der Waals surface area contributed by atoms with Gasteiger partial charge in [-0.25, -0.2) is 0 Å². The van der Waals surface area contributed by atoms with Crippen molar-refractivity contribution in [2.75, 3.05) is 39.5 Å². The fourth-order valence-corrected chi connectivity index (χ4v) is 1.56. The van der Waals surface area contributed by atoms with Crippen LogP contribution in [0.3, 0.4) is 0 Å². The molecule has 0 aromatic carbocycles. The molecule has 0 saturated carbocycles. The van der Waals surface area contributed by atoms with Crippen molar-refractivity contribution >= 4 is 29.9 Å². The van der Waals surface area contributed by atoms with E-state index < -0.39 is 0 Å². The minimum absolute atomic E-state index is 0. The van der Waals surface area contributed by atoms with Crippen LogP contribution < -0.4 is 11.1 Å². The molecule has 1 heterocycles. The molecule has 0 bridgehead atoms. The van der Waals surface area contributed by atoms with E-state index in [-0.39, 0.29) is 24.0 Å². The Hall–Kier alpha value is -0.340. The van der Waals surface area contributed by atoms with Crippen molar-refractivity contribution in [3.63, 3.8) is 0 Å². The fourth-order valence-electron chi connectivity index (χ4n) is 1.56. The predicted molar refractivity (Wildman–Crippen MR) is 84.5 cm³/mol. The molecule has 1 saturated heterocycles. The Balaban J connectivity index is 0.00000289. The number of ether oxygens (including phenoxy) is 2. The van der Waals surface area contributed by atoms with Crippen LogP contribution in [0.5, 0.6) is 0 Å². The largest absolute Gasteiger partial charge is 0.381 e. The van der Waals surface area contributed by atoms with E-state index in [9.17, 15) is 0 Å². The third-order valence-electron chi connectivity index (χ3n) is 2.53. The zero-order chi connectivity index (χ0) is 12.3. The van der Waals surface area contributed by atoms with Gasteiger partial charge in [0.15, 0.2) is 5.96 Å². The summed E-state index contributed by atoms with van der Waals surface area (Å²) in [7, 11) is 0. The van der Waals surface area contributed by atoms with E-state index in [1.54, 1.807) is 6.08 Å². The average Bonchev–Trinajstić information content (AvgIpc) is 2.84. The number of hydrogen-bond acceptors (Lipinski definition) is 3. The molecule has 3 N–H and O–H groups in total. The fraction of sp³-hybridized carbons (Fsp3) is 0.750. The van der Waals surface area contributed by atoms with Gasteiger partial charge in [-0.1, -0.05) is 6.08 Å². The molecular weight excluding hydrogens is 345 g/mol. The summed E-state index contributed by atoms with van der Waals surface area (Å²) in [6.45, 7) is 8.18. The maximum Gasteiger partial charge on any atom is 0.188 e. The molecule has 1 unspecified atom stereocenters. The normalized spacial score (nSPS) is 19.3. The number of hydrogen-bond donors (Lipinski definition) is 2. The summed E-state index contributed by atoms with van der Waals surface area (Å²) in [4.78, 5) is 4.16. The Morgan fingerprint density at radius 1 is 1.61 bits per heavy atom. The molecule has 1 aliphatic rings. The lowest BCUT2D eigenvalue weighted by Crippen LogP contribution is -2.31. The molecule has 0 aliphatic carbocycles. The highest BCUT2D eigenvalue weighted by atomic mass is 127. The molecule has 18 heavy (non-hydrogen) atoms. The third-order valence-corrected chi connectivity index (χ3v) is 2.53. The first-order valence-corrected chi connectivity index (χ1v) is 6.13. The van der Waals surface area contributed by atoms with Crippen LogP contribution in [-0.2, 0) is 9.47 Å². The maximum absolute atomic E-state index is 5.61. The molecule has 0 amide bonds. The SMILES string of the molecule is C=CCNC(N)=NCCCOCC1CCOC1.I. The maximum atomic E-state index is 5.61. The summed E-state index contributed by atoms with van der Waals surface area (Å²) >= 11 is 0. The quantitative estimate of drug-likeness (QED) is 0.221. The Morgan fingerprint density at radius 3 is 3.11 bits per heavy atom. The molecule has 5 nitrogen and oxygen atoms in total. The van der Waals surface area contributed by atoms with Gasteiger partial charge in [-0.15, -0.1) is 30.6 Å². The number of nitrogens with one attached hydrogen (secondary N) is 1. The lowest BCUT2D eigenvalue weighted by Gasteiger charge is -2.07. The van der Waals surface area contributed by atoms with Crippen molar-refractivity contribution < 1.29 is 9.47 Å². The first-order chi connectivity index (χ1) is 8.33. The second kappa shape index (κ2) is 11.7. The van der Waals surface area contributed by atoms with Crippen molar-refractivity contribution in [3.05, 3.63) is 12.7 Å². The van der Waals surface area contributed by atoms with E-state index in [1.807, 2.05) is 0 Å². The summed E-state index contributed by atoms with van der Waals surface area (Å²) in [5.41, 5.74) is 5.61. The number of aliphatic imine (C=N–C) groups is 1. The molecule has 1 fully saturated rings. The molecule has 0 aromatic heterocycles. The van der Waals surface area contributed by atoms with Gasteiger partial charge in [-0.2, -0.15) is 0 Å². The van der Waals surface area contributed by atoms with Gasteiger partial charge >= 0.3 is 0 Å². The molecule has 0 spiro atoms. The zero-order valence-corrected chi connectivity index (χ0v) is 13.1. The van der Waals surface area contributed by atoms with Gasteiger partial charge in [-0.3, -0.25) is 4.99 Å². The first kappa shape index (κ1) is 17.7. The topological polar surface area (TPSA) is 68.9 Å². The van der Waals surface area contributed by atoms with E-state index in [0.717, 1.165) is 39.3 Å². The minimum atomic E-state index is 0. The molecule has 0 aromatic rings. The Labute approximate surface area is 126 Å². The van der Waals surface area contributed by atoms with Gasteiger partial charge in [0, 0.05) is 32.2 Å². The van der Waals surface area contributed by atoms with Crippen LogP contribution in [0.1, 0.15) is 12.8 Å². The highest BCUT2D eigenvalue weighted by Gasteiger charge is 2.14. The third kappa shape index (κ3) is 8.71. The Morgan fingerprint density at radius 2 is 2.44 bits per heavy atom. The molecule has 1 rings (SSSR count). The highest BCUT2D eigenvalue weighted by molar-refractivity contribution is 14.0. The summed E-state index contributed by atoms with van der Waals surface area (Å²) in [5, 5.41) is 2.92. The van der Waals surface area contributed by atoms with Crippen molar-refractivity contribution in [1.82, 2.24) is 5.32 Å². The van der Waals surface area contributed by atoms with Crippen LogP contribution in [0.25, 0.3) is 0 Å². The van der Waals surface area contributed by atoms with Gasteiger partial charge < -0.3 is 20.5 Å². The van der Waals surface area contributed by atoms with Gasteiger partial charge in [-0.05, 0) is 12.8 Å². The summed E-state index contributed by atoms with van der Waals surface area (Å²) in [5.74, 6) is 1.05.